The van der Waals surface area contributed by atoms with Gasteiger partial charge in [0.1, 0.15) is 5.82 Å². The van der Waals surface area contributed by atoms with E-state index in [1.165, 1.54) is 22.3 Å². The molecule has 0 unspecified atom stereocenters. The van der Waals surface area contributed by atoms with Gasteiger partial charge in [-0.2, -0.15) is 4.98 Å². The van der Waals surface area contributed by atoms with Crippen molar-refractivity contribution in [2.24, 2.45) is 9.98 Å². The molecule has 1 aromatic heterocycles. The molecular formula is C37H50Cl6N5O3PS. The zero-order valence-corrected chi connectivity index (χ0v) is 38.0. The summed E-state index contributed by atoms with van der Waals surface area (Å²) in [6.45, 7) is 16.1. The third kappa shape index (κ3) is 15.7. The molecule has 294 valence electrons. The average Bonchev–Trinajstić information content (AvgIpc) is 3.08. The van der Waals surface area contributed by atoms with Crippen LogP contribution in [0.25, 0.3) is 0 Å². The molecular weight excluding hydrogens is 838 g/mol. The van der Waals surface area contributed by atoms with Gasteiger partial charge in [0, 0.05) is 36.5 Å². The van der Waals surface area contributed by atoms with Crippen molar-refractivity contribution in [2.75, 3.05) is 20.3 Å². The van der Waals surface area contributed by atoms with E-state index in [4.69, 9.17) is 95.0 Å². The van der Waals surface area contributed by atoms with Gasteiger partial charge in [-0.3, -0.25) is 9.05 Å². The van der Waals surface area contributed by atoms with Crippen LogP contribution in [-0.4, -0.2) is 80.1 Å². The van der Waals surface area contributed by atoms with E-state index in [-0.39, 0.29) is 5.92 Å². The maximum atomic E-state index is 5.88. The molecule has 4 rings (SSSR count). The lowest BCUT2D eigenvalue weighted by Gasteiger charge is -2.37. The van der Waals surface area contributed by atoms with Crippen molar-refractivity contribution in [3.63, 3.8) is 0 Å². The molecule has 16 heteroatoms. The monoisotopic (exact) mass is 885 g/mol. The predicted molar refractivity (Wildman–Crippen MR) is 233 cm³/mol. The van der Waals surface area contributed by atoms with Gasteiger partial charge in [0.25, 0.3) is 0 Å². The third-order valence-electron chi connectivity index (χ3n) is 7.43. The summed E-state index contributed by atoms with van der Waals surface area (Å²) in [5.74, 6) is 1.37. The van der Waals surface area contributed by atoms with E-state index in [0.717, 1.165) is 22.9 Å². The van der Waals surface area contributed by atoms with E-state index in [1.807, 2.05) is 58.7 Å². The van der Waals surface area contributed by atoms with Crippen LogP contribution in [-0.2, 0) is 20.9 Å². The summed E-state index contributed by atoms with van der Waals surface area (Å²) in [7, 11) is 1.93. The van der Waals surface area contributed by atoms with Gasteiger partial charge in [-0.15, -0.1) is 69.6 Å². The van der Waals surface area contributed by atoms with Crippen LogP contribution in [0.1, 0.15) is 67.4 Å². The van der Waals surface area contributed by atoms with Crippen LogP contribution in [0.15, 0.2) is 52.4 Å². The van der Waals surface area contributed by atoms with Crippen molar-refractivity contribution in [1.82, 2.24) is 14.9 Å². The number of hydrogen-bond donors (Lipinski definition) is 0. The van der Waals surface area contributed by atoms with Crippen LogP contribution in [0.2, 0.25) is 0 Å². The lowest BCUT2D eigenvalue weighted by Crippen LogP contribution is -2.52. The highest BCUT2D eigenvalue weighted by Crippen LogP contribution is 2.49. The first-order valence-electron chi connectivity index (χ1n) is 17.1. The number of aryl methyl sites for hydroxylation is 5. The molecule has 0 saturated heterocycles. The average molecular weight is 889 g/mol. The number of nitrogens with zero attached hydrogens (tertiary/aromatic N) is 5. The zero-order valence-electron chi connectivity index (χ0n) is 31.7. The molecule has 3 aromatic rings. The van der Waals surface area contributed by atoms with Crippen LogP contribution in [0.4, 0.5) is 11.4 Å². The maximum absolute atomic E-state index is 5.88. The molecule has 1 heterocycles. The van der Waals surface area contributed by atoms with Gasteiger partial charge in [0.2, 0.25) is 5.88 Å². The second kappa shape index (κ2) is 23.1. The Hall–Kier alpha value is -1.23. The van der Waals surface area contributed by atoms with Crippen molar-refractivity contribution in [2.45, 2.75) is 100 Å². The zero-order chi connectivity index (χ0) is 40.0. The molecule has 0 radical (unpaired) electrons. The highest BCUT2D eigenvalue weighted by molar-refractivity contribution is 8.07. The smallest absolute Gasteiger partial charge is 0.381 e. The van der Waals surface area contributed by atoms with E-state index in [9.17, 15) is 0 Å². The minimum Gasteiger partial charge on any atom is -0.406 e. The van der Waals surface area contributed by atoms with Crippen LogP contribution >= 0.6 is 76.3 Å². The molecule has 0 spiro atoms. The first-order chi connectivity index (χ1) is 24.8. The fourth-order valence-electron chi connectivity index (χ4n) is 4.68. The lowest BCUT2D eigenvalue weighted by atomic mass is 9.97. The van der Waals surface area contributed by atoms with E-state index in [2.05, 4.69) is 71.9 Å². The third-order valence-corrected chi connectivity index (χ3v) is 13.9. The maximum Gasteiger partial charge on any atom is 0.381 e. The quantitative estimate of drug-likeness (QED) is 0.0821. The number of benzene rings is 2. The summed E-state index contributed by atoms with van der Waals surface area (Å²) in [6.07, 6.45) is 3.56. The second-order valence-electron chi connectivity index (χ2n) is 12.6. The summed E-state index contributed by atoms with van der Waals surface area (Å²) < 4.78 is 16.6. The summed E-state index contributed by atoms with van der Waals surface area (Å²) in [5, 5.41) is -2.62. The highest BCUT2D eigenvalue weighted by atomic mass is 35.5. The van der Waals surface area contributed by atoms with E-state index >= 15 is 0 Å². The summed E-state index contributed by atoms with van der Waals surface area (Å²) >= 11 is 40.6. The van der Waals surface area contributed by atoms with Gasteiger partial charge >= 0.3 is 6.72 Å². The Morgan fingerprint density at radius 1 is 0.717 bits per heavy atom. The lowest BCUT2D eigenvalue weighted by molar-refractivity contribution is 0.215. The van der Waals surface area contributed by atoms with Gasteiger partial charge in [-0.25, -0.2) is 15.0 Å². The van der Waals surface area contributed by atoms with Gasteiger partial charge in [-0.05, 0) is 71.7 Å². The van der Waals surface area contributed by atoms with Gasteiger partial charge in [0.15, 0.2) is 0 Å². The van der Waals surface area contributed by atoms with Crippen LogP contribution in [0.5, 0.6) is 5.88 Å². The van der Waals surface area contributed by atoms with Crippen LogP contribution in [0.3, 0.4) is 0 Å². The number of aliphatic imine (C=N–C) groups is 2. The number of aromatic nitrogens is 2. The van der Waals surface area contributed by atoms with Gasteiger partial charge < -0.3 is 9.42 Å². The number of halogens is 6. The number of hydrogen-bond acceptors (Lipinski definition) is 8. The first-order valence-corrected chi connectivity index (χ1v) is 22.2. The molecule has 1 fully saturated rings. The molecule has 0 aliphatic heterocycles. The normalized spacial score (nSPS) is 21.6. The Balaban J connectivity index is 0.000000287. The fourth-order valence-corrected chi connectivity index (χ4v) is 9.00. The van der Waals surface area contributed by atoms with Crippen LogP contribution in [0, 0.1) is 34.6 Å². The van der Waals surface area contributed by atoms with Crippen molar-refractivity contribution >= 4 is 112 Å². The molecule has 0 atom stereocenters. The minimum absolute atomic E-state index is 0.222. The molecule has 1 aliphatic rings. The Bertz CT molecular complexity index is 1590. The van der Waals surface area contributed by atoms with Crippen molar-refractivity contribution < 1.29 is 13.6 Å². The Labute approximate surface area is 351 Å². The molecule has 2 aromatic carbocycles. The highest BCUT2D eigenvalue weighted by Gasteiger charge is 2.47. The first kappa shape index (κ1) is 47.9. The summed E-state index contributed by atoms with van der Waals surface area (Å²) in [5.41, 5.74) is 7.66. The van der Waals surface area contributed by atoms with Gasteiger partial charge in [-0.1, -0.05) is 49.2 Å². The Morgan fingerprint density at radius 2 is 1.11 bits per heavy atom. The SMILES string of the molecule is CCOP(=S)(OCC)Oc1cc(C)nc(C(C)C)n1.Cc1ccc(/N=C/N(C)/C=N/c2ccc(C)cc2C)c(C)c1.Cl[C@H]1[C@H](Cl)[C@@H](Cl)[C@@H](Cl)[C@H](Cl)[C@H]1Cl. The minimum atomic E-state index is -2.77. The number of alkyl halides is 6. The summed E-state index contributed by atoms with van der Waals surface area (Å²) in [6, 6.07) is 14.2. The second-order valence-corrected chi connectivity index (χ2v) is 18.6. The Morgan fingerprint density at radius 3 is 1.45 bits per heavy atom. The van der Waals surface area contributed by atoms with E-state index < -0.39 is 39.0 Å². The molecule has 1 saturated carbocycles. The predicted octanol–water partition coefficient (Wildman–Crippen LogP) is 12.1. The topological polar surface area (TPSA) is 81.4 Å². The van der Waals surface area contributed by atoms with Gasteiger partial charge in [0.05, 0.1) is 69.5 Å². The number of rotatable bonds is 11. The molecule has 8 nitrogen and oxygen atoms in total. The molecule has 0 bridgehead atoms. The largest absolute Gasteiger partial charge is 0.406 e. The van der Waals surface area contributed by atoms with E-state index in [0.29, 0.717) is 19.1 Å². The molecule has 53 heavy (non-hydrogen) atoms. The van der Waals surface area contributed by atoms with Crippen LogP contribution < -0.4 is 4.52 Å². The molecule has 1 aliphatic carbocycles. The standard InChI is InChI=1S/C19H23N3.C12H21N2O3PS.C6H6Cl6/c1-14-6-8-18(16(3)10-14)20-12-22(5)13-21-19-9-7-15(2)11-17(19)4;1-6-15-18(19,16-7-2)17-11-8-10(5)13-12(14-11)9(3)4;7-1-2(8)4(10)6(12)5(11)3(1)9/h6-13H,1-5H3;8-9H,6-7H2,1-5H3;1-6H/b20-12+,21-13+;;/t;;1-,2-,3-,4+,5+,6+. The molecule has 0 amide bonds. The van der Waals surface area contributed by atoms with Crippen molar-refractivity contribution in [1.29, 1.82) is 0 Å². The van der Waals surface area contributed by atoms with Crippen molar-refractivity contribution in [3.8, 4) is 5.88 Å². The fraction of sp³-hybridized carbons (Fsp3) is 0.514. The summed E-state index contributed by atoms with van der Waals surface area (Å²) in [4.78, 5) is 19.6. The van der Waals surface area contributed by atoms with E-state index in [1.54, 1.807) is 18.7 Å². The molecule has 0 N–H and O–H groups in total. The Kier molecular flexibility index (Phi) is 20.9. The van der Waals surface area contributed by atoms with Crippen molar-refractivity contribution in [3.05, 3.63) is 76.2 Å².